The predicted molar refractivity (Wildman–Crippen MR) is 95.2 cm³/mol. The van der Waals surface area contributed by atoms with Crippen molar-refractivity contribution < 1.29 is 14.4 Å². The number of nitrogens with zero attached hydrogens (tertiary/aromatic N) is 2. The Morgan fingerprint density at radius 3 is 2.62 bits per heavy atom. The van der Waals surface area contributed by atoms with Crippen molar-refractivity contribution in [2.45, 2.75) is 25.3 Å². The number of hydrogen-bond acceptors (Lipinski definition) is 4. The van der Waals surface area contributed by atoms with Crippen LogP contribution in [-0.2, 0) is 4.79 Å². The van der Waals surface area contributed by atoms with Gasteiger partial charge in [0.15, 0.2) is 0 Å². The van der Waals surface area contributed by atoms with E-state index in [-0.39, 0.29) is 42.7 Å². The molecule has 0 bridgehead atoms. The molecule has 2 N–H and O–H groups in total. The van der Waals surface area contributed by atoms with Gasteiger partial charge in [-0.3, -0.25) is 19.3 Å². The van der Waals surface area contributed by atoms with Crippen molar-refractivity contribution in [1.29, 1.82) is 0 Å². The minimum absolute atomic E-state index is 0. The molecule has 1 atom stereocenters. The van der Waals surface area contributed by atoms with Gasteiger partial charge in [0.05, 0.1) is 11.1 Å². The molecule has 1 aromatic carbocycles. The van der Waals surface area contributed by atoms with Crippen molar-refractivity contribution in [3.63, 3.8) is 0 Å². The summed E-state index contributed by atoms with van der Waals surface area (Å²) in [4.78, 5) is 39.6. The number of rotatable bonds is 4. The van der Waals surface area contributed by atoms with E-state index in [0.717, 1.165) is 10.9 Å². The Balaban J connectivity index is 0.00000208. The van der Waals surface area contributed by atoms with E-state index in [0.29, 0.717) is 37.1 Å². The molecule has 3 amide bonds. The maximum atomic E-state index is 12.3. The molecule has 2 aliphatic heterocycles. The summed E-state index contributed by atoms with van der Waals surface area (Å²) in [5.74, 6) is -0.535. The zero-order valence-electron chi connectivity index (χ0n) is 13.0. The van der Waals surface area contributed by atoms with Gasteiger partial charge in [0.1, 0.15) is 0 Å². The van der Waals surface area contributed by atoms with Crippen LogP contribution in [-0.4, -0.2) is 53.2 Å². The Bertz CT molecular complexity index is 683. The summed E-state index contributed by atoms with van der Waals surface area (Å²) < 4.78 is 0.764. The molecule has 1 fully saturated rings. The van der Waals surface area contributed by atoms with Crippen LogP contribution in [0.25, 0.3) is 0 Å². The van der Waals surface area contributed by atoms with Gasteiger partial charge < -0.3 is 10.6 Å². The summed E-state index contributed by atoms with van der Waals surface area (Å²) in [6.45, 7) is 1.55. The highest BCUT2D eigenvalue weighted by Gasteiger charge is 2.35. The molecule has 0 aliphatic carbocycles. The van der Waals surface area contributed by atoms with E-state index in [4.69, 9.17) is 5.73 Å². The summed E-state index contributed by atoms with van der Waals surface area (Å²) in [5, 5.41) is 0. The van der Waals surface area contributed by atoms with Crippen LogP contribution in [0.2, 0.25) is 0 Å². The van der Waals surface area contributed by atoms with Crippen LogP contribution in [0.5, 0.6) is 0 Å². The Hall–Kier alpha value is -1.44. The fraction of sp³-hybridized carbons (Fsp3) is 0.438. The van der Waals surface area contributed by atoms with Gasteiger partial charge in [-0.05, 0) is 31.0 Å². The van der Waals surface area contributed by atoms with Crippen molar-refractivity contribution in [2.75, 3.05) is 19.6 Å². The fourth-order valence-electron chi connectivity index (χ4n) is 3.03. The van der Waals surface area contributed by atoms with Crippen molar-refractivity contribution in [3.05, 3.63) is 33.8 Å². The lowest BCUT2D eigenvalue weighted by atomic mass is 10.1. The molecule has 2 heterocycles. The van der Waals surface area contributed by atoms with Gasteiger partial charge in [-0.2, -0.15) is 0 Å². The lowest BCUT2D eigenvalue weighted by Gasteiger charge is -2.17. The zero-order chi connectivity index (χ0) is 16.6. The summed E-state index contributed by atoms with van der Waals surface area (Å²) in [5.41, 5.74) is 6.64. The molecule has 3 rings (SSSR count). The first-order chi connectivity index (χ1) is 11.0. The van der Waals surface area contributed by atoms with E-state index < -0.39 is 0 Å². The molecule has 0 radical (unpaired) electrons. The molecule has 0 unspecified atom stereocenters. The maximum absolute atomic E-state index is 12.3. The second-order valence-corrected chi connectivity index (χ2v) is 6.86. The first kappa shape index (κ1) is 18.9. The molecule has 0 spiro atoms. The van der Waals surface area contributed by atoms with E-state index in [1.54, 1.807) is 23.1 Å². The smallest absolute Gasteiger partial charge is 0.261 e. The molecule has 8 heteroatoms. The van der Waals surface area contributed by atoms with Gasteiger partial charge in [0.25, 0.3) is 11.8 Å². The largest absolute Gasteiger partial charge is 0.341 e. The molecule has 6 nitrogen and oxygen atoms in total. The average Bonchev–Trinajstić information content (AvgIpc) is 3.05. The molecular formula is C16H19BrClN3O3. The van der Waals surface area contributed by atoms with Crippen molar-refractivity contribution in [2.24, 2.45) is 5.73 Å². The number of fused-ring (bicyclic) bond motifs is 1. The van der Waals surface area contributed by atoms with Crippen molar-refractivity contribution in [3.8, 4) is 0 Å². The summed E-state index contributed by atoms with van der Waals surface area (Å²) in [7, 11) is 0. The number of benzene rings is 1. The predicted octanol–water partition coefficient (Wildman–Crippen LogP) is 1.81. The van der Waals surface area contributed by atoms with Gasteiger partial charge in [-0.15, -0.1) is 12.4 Å². The maximum Gasteiger partial charge on any atom is 0.261 e. The van der Waals surface area contributed by atoms with Crippen LogP contribution in [0, 0.1) is 0 Å². The normalized spacial score (nSPS) is 19.5. The number of likely N-dealkylation sites (tertiary alicyclic amines) is 1. The quantitative estimate of drug-likeness (QED) is 0.759. The molecule has 0 aromatic heterocycles. The van der Waals surface area contributed by atoms with Gasteiger partial charge in [-0.25, -0.2) is 0 Å². The highest BCUT2D eigenvalue weighted by atomic mass is 79.9. The van der Waals surface area contributed by atoms with Crippen LogP contribution < -0.4 is 5.73 Å². The van der Waals surface area contributed by atoms with Crippen molar-refractivity contribution in [1.82, 2.24) is 9.80 Å². The van der Waals surface area contributed by atoms with E-state index in [1.165, 1.54) is 4.90 Å². The number of carbonyl (C=O) groups is 3. The Labute approximate surface area is 154 Å². The first-order valence-electron chi connectivity index (χ1n) is 7.66. The number of imide groups is 1. The van der Waals surface area contributed by atoms with Gasteiger partial charge >= 0.3 is 0 Å². The number of hydrogen-bond donors (Lipinski definition) is 1. The van der Waals surface area contributed by atoms with Gasteiger partial charge in [0.2, 0.25) is 5.91 Å². The topological polar surface area (TPSA) is 83.7 Å². The molecule has 2 aliphatic rings. The van der Waals surface area contributed by atoms with Gasteiger partial charge in [-0.1, -0.05) is 15.9 Å². The lowest BCUT2D eigenvalue weighted by Crippen LogP contribution is -2.34. The monoisotopic (exact) mass is 415 g/mol. The third-order valence-electron chi connectivity index (χ3n) is 4.28. The third-order valence-corrected chi connectivity index (χ3v) is 4.78. The Morgan fingerprint density at radius 1 is 1.25 bits per heavy atom. The van der Waals surface area contributed by atoms with Crippen molar-refractivity contribution >= 4 is 46.1 Å². The van der Waals surface area contributed by atoms with Crippen LogP contribution in [0.3, 0.4) is 0 Å². The first-order valence-corrected chi connectivity index (χ1v) is 8.46. The zero-order valence-corrected chi connectivity index (χ0v) is 15.4. The van der Waals surface area contributed by atoms with Gasteiger partial charge in [0, 0.05) is 36.6 Å². The molecule has 1 aromatic rings. The molecular weight excluding hydrogens is 398 g/mol. The number of nitrogens with two attached hydrogens (primary N) is 1. The van der Waals surface area contributed by atoms with E-state index >= 15 is 0 Å². The molecule has 130 valence electrons. The average molecular weight is 417 g/mol. The minimum atomic E-state index is -0.290. The highest BCUT2D eigenvalue weighted by molar-refractivity contribution is 9.10. The van der Waals surface area contributed by atoms with E-state index in [1.807, 2.05) is 0 Å². The third kappa shape index (κ3) is 3.63. The summed E-state index contributed by atoms with van der Waals surface area (Å²) >= 11 is 3.30. The molecule has 0 saturated carbocycles. The number of halogens is 2. The van der Waals surface area contributed by atoms with E-state index in [2.05, 4.69) is 15.9 Å². The Kier molecular flexibility index (Phi) is 6.01. The summed E-state index contributed by atoms with van der Waals surface area (Å²) in [6.07, 6.45) is 1.63. The van der Waals surface area contributed by atoms with E-state index in [9.17, 15) is 14.4 Å². The molecule has 24 heavy (non-hydrogen) atoms. The van der Waals surface area contributed by atoms with Crippen LogP contribution in [0.4, 0.5) is 0 Å². The SMILES string of the molecule is Cl.N[C@@H]1CCN(C(=O)CCCN2C(=O)c3ccc(Br)cc3C2=O)C1. The second kappa shape index (κ2) is 7.63. The fourth-order valence-corrected chi connectivity index (χ4v) is 3.39. The highest BCUT2D eigenvalue weighted by Crippen LogP contribution is 2.26. The standard InChI is InChI=1S/C16H18BrN3O3.ClH/c17-10-3-4-12-13(8-10)16(23)20(15(12)22)6-1-2-14(21)19-7-5-11(18)9-19;/h3-4,8,11H,1-2,5-7,9,18H2;1H/t11-;/m1./s1. The summed E-state index contributed by atoms with van der Waals surface area (Å²) in [6, 6.07) is 5.12. The van der Waals surface area contributed by atoms with Crippen LogP contribution >= 0.6 is 28.3 Å². The number of amides is 3. The number of carbonyl (C=O) groups excluding carboxylic acids is 3. The Morgan fingerprint density at radius 2 is 1.96 bits per heavy atom. The minimum Gasteiger partial charge on any atom is -0.341 e. The van der Waals surface area contributed by atoms with Crippen LogP contribution in [0.15, 0.2) is 22.7 Å². The second-order valence-electron chi connectivity index (χ2n) is 5.94. The lowest BCUT2D eigenvalue weighted by molar-refractivity contribution is -0.130. The molecule has 1 saturated heterocycles. The van der Waals surface area contributed by atoms with Crippen LogP contribution in [0.1, 0.15) is 40.0 Å².